The molecule has 30 heavy (non-hydrogen) atoms. The molecule has 1 aliphatic carbocycles. The van der Waals surface area contributed by atoms with Crippen molar-refractivity contribution in [2.45, 2.75) is 53.1 Å². The number of thiophene rings is 2. The number of esters is 1. The van der Waals surface area contributed by atoms with Crippen LogP contribution in [0.25, 0.3) is 10.1 Å². The van der Waals surface area contributed by atoms with E-state index in [-0.39, 0.29) is 18.0 Å². The van der Waals surface area contributed by atoms with E-state index in [2.05, 4.69) is 12.2 Å². The number of benzene rings is 1. The van der Waals surface area contributed by atoms with Gasteiger partial charge in [-0.1, -0.05) is 30.7 Å². The Morgan fingerprint density at radius 3 is 2.77 bits per heavy atom. The Balaban J connectivity index is 1.71. The smallest absolute Gasteiger partial charge is 0.341 e. The molecular formula is C23H24ClNO3S2. The average Bonchev–Trinajstić information content (AvgIpc) is 3.17. The van der Waals surface area contributed by atoms with Crippen LogP contribution in [0.5, 0.6) is 0 Å². The van der Waals surface area contributed by atoms with Crippen molar-refractivity contribution in [2.75, 3.05) is 5.32 Å². The molecule has 0 radical (unpaired) electrons. The van der Waals surface area contributed by atoms with Crippen LogP contribution >= 0.6 is 34.3 Å². The molecule has 1 aliphatic rings. The molecule has 4 rings (SSSR count). The molecule has 2 aromatic heterocycles. The Kier molecular flexibility index (Phi) is 5.93. The molecule has 1 amide bonds. The molecule has 158 valence electrons. The summed E-state index contributed by atoms with van der Waals surface area (Å²) < 4.78 is 6.47. The maximum Gasteiger partial charge on any atom is 0.341 e. The molecular weight excluding hydrogens is 438 g/mol. The monoisotopic (exact) mass is 461 g/mol. The number of carbonyl (C=O) groups is 2. The SMILES string of the molecule is Cc1ccc2c(Cl)c(C(=O)Nc3sc4c(c3C(=O)OC(C)C)CC[C@H](C)C4)sc2c1. The highest BCUT2D eigenvalue weighted by molar-refractivity contribution is 7.22. The van der Waals surface area contributed by atoms with Crippen LogP contribution in [0, 0.1) is 12.8 Å². The minimum atomic E-state index is -0.370. The predicted octanol–water partition coefficient (Wildman–Crippen LogP) is 6.87. The molecule has 1 atom stereocenters. The van der Waals surface area contributed by atoms with Gasteiger partial charge in [-0.3, -0.25) is 4.79 Å². The first-order valence-corrected chi connectivity index (χ1v) is 12.1. The number of amides is 1. The zero-order valence-electron chi connectivity index (χ0n) is 17.4. The Bertz CT molecular complexity index is 1150. The quantitative estimate of drug-likeness (QED) is 0.431. The molecule has 0 aliphatic heterocycles. The Labute approximate surface area is 189 Å². The van der Waals surface area contributed by atoms with Gasteiger partial charge in [0.1, 0.15) is 9.88 Å². The summed E-state index contributed by atoms with van der Waals surface area (Å²) >= 11 is 9.38. The van der Waals surface area contributed by atoms with E-state index < -0.39 is 0 Å². The van der Waals surface area contributed by atoms with Crippen LogP contribution in [-0.2, 0) is 17.6 Å². The Hall–Kier alpha value is -1.89. The van der Waals surface area contributed by atoms with Crippen molar-refractivity contribution in [3.8, 4) is 0 Å². The number of aryl methyl sites for hydroxylation is 1. The molecule has 0 unspecified atom stereocenters. The fourth-order valence-electron chi connectivity index (χ4n) is 3.81. The second-order valence-corrected chi connectivity index (χ2v) is 10.7. The Morgan fingerprint density at radius 2 is 2.03 bits per heavy atom. The van der Waals surface area contributed by atoms with Gasteiger partial charge in [-0.2, -0.15) is 0 Å². The van der Waals surface area contributed by atoms with Gasteiger partial charge in [0.25, 0.3) is 5.91 Å². The van der Waals surface area contributed by atoms with Crippen molar-refractivity contribution in [3.05, 3.63) is 49.7 Å². The van der Waals surface area contributed by atoms with E-state index in [1.165, 1.54) is 22.7 Å². The normalized spacial score (nSPS) is 16.0. The van der Waals surface area contributed by atoms with Crippen LogP contribution in [0.1, 0.15) is 63.2 Å². The van der Waals surface area contributed by atoms with Crippen LogP contribution in [0.15, 0.2) is 18.2 Å². The number of halogens is 1. The van der Waals surface area contributed by atoms with Gasteiger partial charge >= 0.3 is 5.97 Å². The molecule has 1 N–H and O–H groups in total. The van der Waals surface area contributed by atoms with Gasteiger partial charge in [0.2, 0.25) is 0 Å². The highest BCUT2D eigenvalue weighted by Gasteiger charge is 2.30. The number of nitrogens with one attached hydrogen (secondary N) is 1. The minimum absolute atomic E-state index is 0.223. The Morgan fingerprint density at radius 1 is 1.27 bits per heavy atom. The van der Waals surface area contributed by atoms with Gasteiger partial charge in [0.05, 0.1) is 16.7 Å². The summed E-state index contributed by atoms with van der Waals surface area (Å²) in [5, 5.41) is 4.86. The average molecular weight is 462 g/mol. The van der Waals surface area contributed by atoms with Crippen molar-refractivity contribution < 1.29 is 14.3 Å². The molecule has 2 heterocycles. The third-order valence-electron chi connectivity index (χ3n) is 5.28. The number of hydrogen-bond donors (Lipinski definition) is 1. The number of hydrogen-bond acceptors (Lipinski definition) is 5. The van der Waals surface area contributed by atoms with Gasteiger partial charge in [-0.05, 0) is 63.1 Å². The molecule has 1 aromatic carbocycles. The highest BCUT2D eigenvalue weighted by Crippen LogP contribution is 2.41. The van der Waals surface area contributed by atoms with Crippen LogP contribution < -0.4 is 5.32 Å². The standard InChI is InChI=1S/C23H24ClNO3S2/c1-11(2)28-23(27)18-14-7-5-12(3)9-16(14)30-22(18)25-21(26)20-19(24)15-8-6-13(4)10-17(15)29-20/h6,8,10-12H,5,7,9H2,1-4H3,(H,25,26)/t12-/m0/s1. The topological polar surface area (TPSA) is 55.4 Å². The van der Waals surface area contributed by atoms with Crippen LogP contribution in [0.3, 0.4) is 0 Å². The van der Waals surface area contributed by atoms with Gasteiger partial charge in [0.15, 0.2) is 0 Å². The predicted molar refractivity (Wildman–Crippen MR) is 126 cm³/mol. The third-order valence-corrected chi connectivity index (χ3v) is 8.10. The van der Waals surface area contributed by atoms with E-state index in [0.717, 1.165) is 45.4 Å². The number of ether oxygens (including phenoxy) is 1. The van der Waals surface area contributed by atoms with E-state index in [0.29, 0.717) is 26.4 Å². The molecule has 0 saturated heterocycles. The van der Waals surface area contributed by atoms with E-state index in [1.807, 2.05) is 39.0 Å². The van der Waals surface area contributed by atoms with Crippen LogP contribution in [-0.4, -0.2) is 18.0 Å². The number of rotatable bonds is 4. The lowest BCUT2D eigenvalue weighted by molar-refractivity contribution is 0.0378. The summed E-state index contributed by atoms with van der Waals surface area (Å²) in [6.45, 7) is 7.88. The van der Waals surface area contributed by atoms with E-state index >= 15 is 0 Å². The van der Waals surface area contributed by atoms with Gasteiger partial charge in [-0.25, -0.2) is 4.79 Å². The zero-order chi connectivity index (χ0) is 21.6. The number of fused-ring (bicyclic) bond motifs is 2. The summed E-state index contributed by atoms with van der Waals surface area (Å²) in [5.74, 6) is -0.0940. The van der Waals surface area contributed by atoms with Crippen LogP contribution in [0.2, 0.25) is 5.02 Å². The lowest BCUT2D eigenvalue weighted by atomic mass is 9.88. The fraction of sp³-hybridized carbons (Fsp3) is 0.391. The van der Waals surface area contributed by atoms with Gasteiger partial charge < -0.3 is 10.1 Å². The van der Waals surface area contributed by atoms with Crippen LogP contribution in [0.4, 0.5) is 5.00 Å². The summed E-state index contributed by atoms with van der Waals surface area (Å²) in [6, 6.07) is 5.95. The maximum absolute atomic E-state index is 13.1. The molecule has 0 bridgehead atoms. The third kappa shape index (κ3) is 4.01. The molecule has 0 spiro atoms. The first kappa shape index (κ1) is 21.3. The molecule has 0 fully saturated rings. The summed E-state index contributed by atoms with van der Waals surface area (Å²) in [4.78, 5) is 27.6. The molecule has 7 heteroatoms. The molecule has 4 nitrogen and oxygen atoms in total. The lowest BCUT2D eigenvalue weighted by Gasteiger charge is -2.18. The minimum Gasteiger partial charge on any atom is -0.459 e. The zero-order valence-corrected chi connectivity index (χ0v) is 19.8. The maximum atomic E-state index is 13.1. The highest BCUT2D eigenvalue weighted by atomic mass is 35.5. The van der Waals surface area contributed by atoms with Crippen molar-refractivity contribution in [2.24, 2.45) is 5.92 Å². The van der Waals surface area contributed by atoms with Gasteiger partial charge in [-0.15, -0.1) is 22.7 Å². The second kappa shape index (κ2) is 8.33. The summed E-state index contributed by atoms with van der Waals surface area (Å²) in [6.07, 6.45) is 2.55. The van der Waals surface area contributed by atoms with E-state index in [4.69, 9.17) is 16.3 Å². The van der Waals surface area contributed by atoms with Crippen molar-refractivity contribution in [3.63, 3.8) is 0 Å². The van der Waals surface area contributed by atoms with E-state index in [1.54, 1.807) is 0 Å². The van der Waals surface area contributed by atoms with Crippen molar-refractivity contribution >= 4 is 61.2 Å². The van der Waals surface area contributed by atoms with Crippen molar-refractivity contribution in [1.29, 1.82) is 0 Å². The largest absolute Gasteiger partial charge is 0.459 e. The van der Waals surface area contributed by atoms with Gasteiger partial charge in [0, 0.05) is 15.0 Å². The van der Waals surface area contributed by atoms with Crippen molar-refractivity contribution in [1.82, 2.24) is 0 Å². The van der Waals surface area contributed by atoms with E-state index in [9.17, 15) is 9.59 Å². The number of anilines is 1. The first-order chi connectivity index (χ1) is 14.2. The number of carbonyl (C=O) groups excluding carboxylic acids is 2. The summed E-state index contributed by atoms with van der Waals surface area (Å²) in [7, 11) is 0. The molecule has 3 aromatic rings. The lowest BCUT2D eigenvalue weighted by Crippen LogP contribution is -2.18. The molecule has 0 saturated carbocycles. The first-order valence-electron chi connectivity index (χ1n) is 10.1. The fourth-order valence-corrected chi connectivity index (χ4v) is 6.71. The second-order valence-electron chi connectivity index (χ2n) is 8.21. The summed E-state index contributed by atoms with van der Waals surface area (Å²) in [5.41, 5.74) is 2.65.